The highest BCUT2D eigenvalue weighted by molar-refractivity contribution is 6.10. The number of nitrogens with one attached hydrogen (secondary N) is 3. The molecule has 2 amide bonds. The van der Waals surface area contributed by atoms with E-state index in [1.54, 1.807) is 12.1 Å². The van der Waals surface area contributed by atoms with Crippen LogP contribution in [0.3, 0.4) is 0 Å². The number of hydrogen-bond acceptors (Lipinski definition) is 4. The van der Waals surface area contributed by atoms with Crippen molar-refractivity contribution in [2.24, 2.45) is 4.99 Å². The first-order valence-electron chi connectivity index (χ1n) is 10.6. The van der Waals surface area contributed by atoms with Gasteiger partial charge in [0.05, 0.1) is 12.6 Å². The Labute approximate surface area is 183 Å². The summed E-state index contributed by atoms with van der Waals surface area (Å²) in [6.45, 7) is 7.19. The molecule has 0 saturated carbocycles. The van der Waals surface area contributed by atoms with Gasteiger partial charge in [0.25, 0.3) is 5.91 Å². The van der Waals surface area contributed by atoms with Gasteiger partial charge in [-0.05, 0) is 61.6 Å². The molecule has 1 aliphatic rings. The topological polar surface area (TPSA) is 91.8 Å². The van der Waals surface area contributed by atoms with Gasteiger partial charge in [-0.2, -0.15) is 0 Å². The Balaban J connectivity index is 1.72. The number of rotatable bonds is 6. The fraction of sp³-hybridized carbons (Fsp3) is 0.375. The number of ether oxygens (including phenoxy) is 1. The minimum absolute atomic E-state index is 0.0837. The van der Waals surface area contributed by atoms with Crippen LogP contribution in [0.1, 0.15) is 46.8 Å². The van der Waals surface area contributed by atoms with Crippen LogP contribution < -0.4 is 16.0 Å². The predicted octanol–water partition coefficient (Wildman–Crippen LogP) is 3.32. The summed E-state index contributed by atoms with van der Waals surface area (Å²) in [4.78, 5) is 28.5. The predicted molar refractivity (Wildman–Crippen MR) is 122 cm³/mol. The maximum absolute atomic E-state index is 12.8. The maximum Gasteiger partial charge on any atom is 0.257 e. The fourth-order valence-electron chi connectivity index (χ4n) is 3.27. The van der Waals surface area contributed by atoms with Gasteiger partial charge in [-0.25, -0.2) is 4.99 Å². The van der Waals surface area contributed by atoms with E-state index in [-0.39, 0.29) is 17.9 Å². The summed E-state index contributed by atoms with van der Waals surface area (Å²) in [7, 11) is 0. The summed E-state index contributed by atoms with van der Waals surface area (Å²) in [5.74, 6) is 0.0536. The van der Waals surface area contributed by atoms with E-state index in [2.05, 4.69) is 20.9 Å². The molecule has 7 heteroatoms. The van der Waals surface area contributed by atoms with Crippen molar-refractivity contribution >= 4 is 23.5 Å². The van der Waals surface area contributed by atoms with Crippen LogP contribution in [0.15, 0.2) is 47.5 Å². The Bertz CT molecular complexity index is 948. The van der Waals surface area contributed by atoms with Crippen LogP contribution in [0.25, 0.3) is 0 Å². The van der Waals surface area contributed by atoms with Crippen molar-refractivity contribution in [2.45, 2.75) is 46.3 Å². The summed E-state index contributed by atoms with van der Waals surface area (Å²) < 4.78 is 5.66. The molecular formula is C24H30N4O3. The molecule has 0 bridgehead atoms. The Morgan fingerprint density at radius 3 is 2.58 bits per heavy atom. The minimum atomic E-state index is -0.255. The average molecular weight is 423 g/mol. The second-order valence-corrected chi connectivity index (χ2v) is 7.83. The van der Waals surface area contributed by atoms with E-state index in [9.17, 15) is 9.59 Å². The molecule has 0 spiro atoms. The molecule has 3 rings (SSSR count). The number of benzene rings is 2. The van der Waals surface area contributed by atoms with E-state index in [0.29, 0.717) is 24.6 Å². The number of anilines is 1. The van der Waals surface area contributed by atoms with E-state index in [0.717, 1.165) is 41.8 Å². The SMILES string of the molecule is CC(=O)NCc1ccc(C(=O)NC(=NC[C@H]2CCCO2)Nc2cc(C)ccc2C)cc1. The Morgan fingerprint density at radius 1 is 1.13 bits per heavy atom. The molecule has 0 radical (unpaired) electrons. The number of guanidine groups is 1. The van der Waals surface area contributed by atoms with Crippen LogP contribution in [0.5, 0.6) is 0 Å². The standard InChI is InChI=1S/C24H30N4O3/c1-16-6-7-17(2)22(13-16)27-24(26-15-21-5-4-12-31-21)28-23(30)20-10-8-19(9-11-20)14-25-18(3)29/h6-11,13,21H,4-5,12,14-15H2,1-3H3,(H,25,29)(H2,26,27,28,30)/t21-/m1/s1. The normalized spacial score (nSPS) is 16.1. The van der Waals surface area contributed by atoms with E-state index in [4.69, 9.17) is 4.74 Å². The zero-order chi connectivity index (χ0) is 22.2. The van der Waals surface area contributed by atoms with Gasteiger partial charge in [0.2, 0.25) is 11.9 Å². The first-order valence-corrected chi connectivity index (χ1v) is 10.6. The molecule has 1 aliphatic heterocycles. The van der Waals surface area contributed by atoms with Gasteiger partial charge < -0.3 is 15.4 Å². The lowest BCUT2D eigenvalue weighted by Gasteiger charge is -2.15. The minimum Gasteiger partial charge on any atom is -0.376 e. The smallest absolute Gasteiger partial charge is 0.257 e. The van der Waals surface area contributed by atoms with Gasteiger partial charge >= 0.3 is 0 Å². The van der Waals surface area contributed by atoms with Crippen molar-refractivity contribution in [3.8, 4) is 0 Å². The zero-order valence-corrected chi connectivity index (χ0v) is 18.3. The molecule has 2 aromatic rings. The maximum atomic E-state index is 12.8. The van der Waals surface area contributed by atoms with E-state index < -0.39 is 0 Å². The number of carbonyl (C=O) groups is 2. The van der Waals surface area contributed by atoms with Crippen molar-refractivity contribution in [1.82, 2.24) is 10.6 Å². The molecule has 0 aliphatic carbocycles. The number of aryl methyl sites for hydroxylation is 2. The van der Waals surface area contributed by atoms with Gasteiger partial charge in [-0.15, -0.1) is 0 Å². The molecule has 31 heavy (non-hydrogen) atoms. The highest BCUT2D eigenvalue weighted by Gasteiger charge is 2.16. The van der Waals surface area contributed by atoms with Crippen molar-refractivity contribution in [2.75, 3.05) is 18.5 Å². The summed E-state index contributed by atoms with van der Waals surface area (Å²) in [6.07, 6.45) is 2.10. The monoisotopic (exact) mass is 422 g/mol. The average Bonchev–Trinajstić information content (AvgIpc) is 3.27. The lowest BCUT2D eigenvalue weighted by Crippen LogP contribution is -2.37. The molecule has 1 fully saturated rings. The zero-order valence-electron chi connectivity index (χ0n) is 18.3. The summed E-state index contributed by atoms with van der Waals surface area (Å²) in [5, 5.41) is 8.91. The highest BCUT2D eigenvalue weighted by atomic mass is 16.5. The second-order valence-electron chi connectivity index (χ2n) is 7.83. The Morgan fingerprint density at radius 2 is 1.90 bits per heavy atom. The van der Waals surface area contributed by atoms with Crippen LogP contribution in [-0.4, -0.2) is 37.0 Å². The molecular weight excluding hydrogens is 392 g/mol. The third kappa shape index (κ3) is 6.93. The third-order valence-electron chi connectivity index (χ3n) is 5.11. The first-order chi connectivity index (χ1) is 14.9. The lowest BCUT2D eigenvalue weighted by atomic mass is 10.1. The second kappa shape index (κ2) is 10.7. The first kappa shape index (κ1) is 22.5. The molecule has 164 valence electrons. The molecule has 0 unspecified atom stereocenters. The summed E-state index contributed by atoms with van der Waals surface area (Å²) >= 11 is 0. The van der Waals surface area contributed by atoms with Crippen molar-refractivity contribution in [1.29, 1.82) is 0 Å². The van der Waals surface area contributed by atoms with Gasteiger partial charge in [0.15, 0.2) is 0 Å². The molecule has 7 nitrogen and oxygen atoms in total. The van der Waals surface area contributed by atoms with Gasteiger partial charge in [0, 0.05) is 31.3 Å². The van der Waals surface area contributed by atoms with Gasteiger partial charge in [0.1, 0.15) is 0 Å². The van der Waals surface area contributed by atoms with Crippen molar-refractivity contribution in [3.63, 3.8) is 0 Å². The number of carbonyl (C=O) groups excluding carboxylic acids is 2. The van der Waals surface area contributed by atoms with Crippen LogP contribution in [-0.2, 0) is 16.1 Å². The Kier molecular flexibility index (Phi) is 7.78. The van der Waals surface area contributed by atoms with Crippen LogP contribution in [0, 0.1) is 13.8 Å². The lowest BCUT2D eigenvalue weighted by molar-refractivity contribution is -0.119. The van der Waals surface area contributed by atoms with Crippen LogP contribution in [0.4, 0.5) is 5.69 Å². The molecule has 3 N–H and O–H groups in total. The molecule has 0 aromatic heterocycles. The molecule has 1 atom stereocenters. The summed E-state index contributed by atoms with van der Waals surface area (Å²) in [5.41, 5.74) is 4.52. The molecule has 2 aromatic carbocycles. The van der Waals surface area contributed by atoms with Gasteiger partial charge in [-0.1, -0.05) is 24.3 Å². The Hall–Kier alpha value is -3.19. The van der Waals surface area contributed by atoms with E-state index in [1.165, 1.54) is 6.92 Å². The van der Waals surface area contributed by atoms with Gasteiger partial charge in [-0.3, -0.25) is 14.9 Å². The van der Waals surface area contributed by atoms with E-state index in [1.807, 2.05) is 44.2 Å². The number of amides is 2. The molecule has 1 saturated heterocycles. The fourth-order valence-corrected chi connectivity index (χ4v) is 3.27. The third-order valence-corrected chi connectivity index (χ3v) is 5.11. The number of hydrogen-bond donors (Lipinski definition) is 3. The largest absolute Gasteiger partial charge is 0.376 e. The number of nitrogens with zero attached hydrogens (tertiary/aromatic N) is 1. The highest BCUT2D eigenvalue weighted by Crippen LogP contribution is 2.17. The van der Waals surface area contributed by atoms with Crippen molar-refractivity contribution in [3.05, 3.63) is 64.7 Å². The van der Waals surface area contributed by atoms with Crippen LogP contribution in [0.2, 0.25) is 0 Å². The van der Waals surface area contributed by atoms with E-state index >= 15 is 0 Å². The quantitative estimate of drug-likeness (QED) is 0.492. The summed E-state index contributed by atoms with van der Waals surface area (Å²) in [6, 6.07) is 13.2. The molecule has 1 heterocycles. The number of aliphatic imine (C=N–C) groups is 1. The van der Waals surface area contributed by atoms with Crippen molar-refractivity contribution < 1.29 is 14.3 Å². The van der Waals surface area contributed by atoms with Crippen LogP contribution >= 0.6 is 0 Å².